The summed E-state index contributed by atoms with van der Waals surface area (Å²) >= 11 is 0. The summed E-state index contributed by atoms with van der Waals surface area (Å²) in [6, 6.07) is 12.1. The smallest absolute Gasteiger partial charge is 0.416 e. The quantitative estimate of drug-likeness (QED) is 0.388. The number of hydrogen-bond acceptors (Lipinski definition) is 7. The third kappa shape index (κ3) is 7.81. The van der Waals surface area contributed by atoms with Crippen LogP contribution in [-0.2, 0) is 20.8 Å². The van der Waals surface area contributed by atoms with Gasteiger partial charge in [0.05, 0.1) is 12.6 Å². The standard InChI is InChI=1S/C28H38N4O4/c1-7-35-26(33)15-11-21-10-14-25(29-18-21)32(27(34)36-28(2,3)4)24-16-17-31(20-24)19-22-8-12-23(13-9-22)30(5)6/h8-15,18,24H,7,16-17,19-20H2,1-6H3/t24-/m1/s1. The number of anilines is 2. The summed E-state index contributed by atoms with van der Waals surface area (Å²) in [6.07, 6.45) is 5.06. The molecule has 1 aromatic heterocycles. The largest absolute Gasteiger partial charge is 0.463 e. The normalized spacial score (nSPS) is 16.2. The summed E-state index contributed by atoms with van der Waals surface area (Å²) in [6.45, 7) is 10.1. The third-order valence-corrected chi connectivity index (χ3v) is 5.78. The maximum Gasteiger partial charge on any atom is 0.416 e. The maximum atomic E-state index is 13.2. The van der Waals surface area contributed by atoms with Gasteiger partial charge in [-0.25, -0.2) is 14.6 Å². The van der Waals surface area contributed by atoms with Crippen LogP contribution in [0.4, 0.5) is 16.3 Å². The van der Waals surface area contributed by atoms with E-state index in [1.54, 1.807) is 30.2 Å². The molecule has 0 saturated carbocycles. The van der Waals surface area contributed by atoms with E-state index in [4.69, 9.17) is 9.47 Å². The molecule has 2 heterocycles. The number of hydrogen-bond donors (Lipinski definition) is 0. The van der Waals surface area contributed by atoms with E-state index < -0.39 is 17.7 Å². The minimum Gasteiger partial charge on any atom is -0.463 e. The Balaban J connectivity index is 1.74. The van der Waals surface area contributed by atoms with Gasteiger partial charge in [0.2, 0.25) is 0 Å². The van der Waals surface area contributed by atoms with Gasteiger partial charge in [-0.05, 0) is 75.6 Å². The van der Waals surface area contributed by atoms with Gasteiger partial charge in [-0.2, -0.15) is 0 Å². The van der Waals surface area contributed by atoms with Crippen LogP contribution >= 0.6 is 0 Å². The highest BCUT2D eigenvalue weighted by Gasteiger charge is 2.35. The summed E-state index contributed by atoms with van der Waals surface area (Å²) < 4.78 is 10.7. The molecule has 1 aromatic carbocycles. The molecule has 1 amide bonds. The number of ether oxygens (including phenoxy) is 2. The maximum absolute atomic E-state index is 13.2. The molecule has 8 nitrogen and oxygen atoms in total. The van der Waals surface area contributed by atoms with Crippen molar-refractivity contribution >= 4 is 29.6 Å². The van der Waals surface area contributed by atoms with Crippen LogP contribution < -0.4 is 9.80 Å². The summed E-state index contributed by atoms with van der Waals surface area (Å²) in [5, 5.41) is 0. The molecule has 0 aliphatic carbocycles. The number of carbonyl (C=O) groups is 2. The van der Waals surface area contributed by atoms with Crippen LogP contribution in [0, 0.1) is 0 Å². The lowest BCUT2D eigenvalue weighted by molar-refractivity contribution is -0.137. The number of aromatic nitrogens is 1. The molecule has 1 saturated heterocycles. The molecule has 0 N–H and O–H groups in total. The first kappa shape index (κ1) is 27.2. The Morgan fingerprint density at radius 1 is 1.14 bits per heavy atom. The number of amides is 1. The lowest BCUT2D eigenvalue weighted by Gasteiger charge is -2.31. The highest BCUT2D eigenvalue weighted by Crippen LogP contribution is 2.26. The third-order valence-electron chi connectivity index (χ3n) is 5.78. The van der Waals surface area contributed by atoms with Crippen molar-refractivity contribution < 1.29 is 19.1 Å². The Kier molecular flexibility index (Phi) is 9.09. The van der Waals surface area contributed by atoms with Crippen molar-refractivity contribution in [1.29, 1.82) is 0 Å². The highest BCUT2D eigenvalue weighted by atomic mass is 16.6. The van der Waals surface area contributed by atoms with Crippen molar-refractivity contribution in [3.63, 3.8) is 0 Å². The molecule has 1 atom stereocenters. The Morgan fingerprint density at radius 2 is 1.86 bits per heavy atom. The Morgan fingerprint density at radius 3 is 2.44 bits per heavy atom. The fourth-order valence-corrected chi connectivity index (χ4v) is 4.06. The van der Waals surface area contributed by atoms with Crippen LogP contribution in [-0.4, -0.2) is 67.4 Å². The van der Waals surface area contributed by atoms with E-state index in [2.05, 4.69) is 39.0 Å². The van der Waals surface area contributed by atoms with Gasteiger partial charge < -0.3 is 14.4 Å². The molecule has 2 aromatic rings. The molecular weight excluding hydrogens is 456 g/mol. The monoisotopic (exact) mass is 494 g/mol. The van der Waals surface area contributed by atoms with Crippen molar-refractivity contribution in [3.05, 3.63) is 59.8 Å². The first-order valence-electron chi connectivity index (χ1n) is 12.4. The van der Waals surface area contributed by atoms with Crippen molar-refractivity contribution in [3.8, 4) is 0 Å². The second-order valence-electron chi connectivity index (χ2n) is 10.1. The zero-order valence-electron chi connectivity index (χ0n) is 22.2. The second kappa shape index (κ2) is 12.0. The summed E-state index contributed by atoms with van der Waals surface area (Å²) in [5.74, 6) is 0.124. The van der Waals surface area contributed by atoms with Crippen molar-refractivity contribution in [1.82, 2.24) is 9.88 Å². The van der Waals surface area contributed by atoms with Gasteiger partial charge in [0.1, 0.15) is 11.4 Å². The average molecular weight is 495 g/mol. The Hall–Kier alpha value is -3.39. The molecule has 0 bridgehead atoms. The predicted octanol–water partition coefficient (Wildman–Crippen LogP) is 4.74. The van der Waals surface area contributed by atoms with Gasteiger partial charge in [0.25, 0.3) is 0 Å². The Labute approximate surface area is 214 Å². The number of benzene rings is 1. The lowest BCUT2D eigenvalue weighted by atomic mass is 10.2. The number of carbonyl (C=O) groups excluding carboxylic acids is 2. The van der Waals surface area contributed by atoms with Crippen LogP contribution in [0.3, 0.4) is 0 Å². The van der Waals surface area contributed by atoms with Crippen LogP contribution in [0.2, 0.25) is 0 Å². The SMILES string of the molecule is CCOC(=O)C=Cc1ccc(N(C(=O)OC(C)(C)C)[C@@H]2CCN(Cc3ccc(N(C)C)cc3)C2)nc1. The minimum absolute atomic E-state index is 0.0608. The van der Waals surface area contributed by atoms with E-state index in [0.717, 1.165) is 31.6 Å². The van der Waals surface area contributed by atoms with Crippen LogP contribution in [0.1, 0.15) is 45.2 Å². The zero-order chi connectivity index (χ0) is 26.3. The summed E-state index contributed by atoms with van der Waals surface area (Å²) in [5.41, 5.74) is 2.52. The molecule has 0 unspecified atom stereocenters. The number of likely N-dealkylation sites (tertiary alicyclic amines) is 1. The molecule has 8 heteroatoms. The van der Waals surface area contributed by atoms with E-state index in [1.165, 1.54) is 17.3 Å². The Bertz CT molecular complexity index is 1040. The van der Waals surface area contributed by atoms with Gasteiger partial charge in [-0.15, -0.1) is 0 Å². The molecule has 194 valence electrons. The van der Waals surface area contributed by atoms with Crippen molar-refractivity contribution in [2.45, 2.75) is 52.3 Å². The molecule has 1 aliphatic heterocycles. The fraction of sp³-hybridized carbons (Fsp3) is 0.464. The van der Waals surface area contributed by atoms with Gasteiger partial charge in [-0.3, -0.25) is 9.80 Å². The molecule has 3 rings (SSSR count). The number of pyridine rings is 1. The minimum atomic E-state index is -0.621. The number of esters is 1. The van der Waals surface area contributed by atoms with Crippen molar-refractivity contribution in [2.75, 3.05) is 43.6 Å². The van der Waals surface area contributed by atoms with Crippen LogP contribution in [0.15, 0.2) is 48.7 Å². The lowest BCUT2D eigenvalue weighted by Crippen LogP contribution is -2.45. The summed E-state index contributed by atoms with van der Waals surface area (Å²) in [7, 11) is 4.06. The first-order valence-corrected chi connectivity index (χ1v) is 12.4. The molecule has 0 radical (unpaired) electrons. The first-order chi connectivity index (χ1) is 17.1. The van der Waals surface area contributed by atoms with Crippen molar-refractivity contribution in [2.24, 2.45) is 0 Å². The summed E-state index contributed by atoms with van der Waals surface area (Å²) in [4.78, 5) is 35.5. The second-order valence-corrected chi connectivity index (χ2v) is 10.1. The predicted molar refractivity (Wildman–Crippen MR) is 143 cm³/mol. The van der Waals surface area contributed by atoms with Gasteiger partial charge in [-0.1, -0.05) is 12.1 Å². The molecule has 1 aliphatic rings. The van der Waals surface area contributed by atoms with Gasteiger partial charge in [0, 0.05) is 51.7 Å². The van der Waals surface area contributed by atoms with Gasteiger partial charge >= 0.3 is 12.1 Å². The topological polar surface area (TPSA) is 75.2 Å². The average Bonchev–Trinajstić information content (AvgIpc) is 3.25. The molecule has 0 spiro atoms. The van der Waals surface area contributed by atoms with Gasteiger partial charge in [0.15, 0.2) is 0 Å². The van der Waals surface area contributed by atoms with E-state index >= 15 is 0 Å². The van der Waals surface area contributed by atoms with Crippen LogP contribution in [0.5, 0.6) is 0 Å². The number of nitrogens with zero attached hydrogens (tertiary/aromatic N) is 4. The molecule has 36 heavy (non-hydrogen) atoms. The fourth-order valence-electron chi connectivity index (χ4n) is 4.06. The number of rotatable bonds is 8. The van der Waals surface area contributed by atoms with Crippen LogP contribution in [0.25, 0.3) is 6.08 Å². The van der Waals surface area contributed by atoms with E-state index in [1.807, 2.05) is 40.9 Å². The zero-order valence-corrected chi connectivity index (χ0v) is 22.2. The van der Waals surface area contributed by atoms with E-state index in [9.17, 15) is 9.59 Å². The van der Waals surface area contributed by atoms with E-state index in [-0.39, 0.29) is 6.04 Å². The molecular formula is C28H38N4O4. The van der Waals surface area contributed by atoms with E-state index in [0.29, 0.717) is 12.4 Å². The highest BCUT2D eigenvalue weighted by molar-refractivity contribution is 5.88. The molecule has 1 fully saturated rings.